The van der Waals surface area contributed by atoms with Gasteiger partial charge in [0.05, 0.1) is 24.5 Å². The number of hydrogen-bond acceptors (Lipinski definition) is 10. The zero-order chi connectivity index (χ0) is 26.6. The van der Waals surface area contributed by atoms with Crippen LogP contribution in [0.4, 0.5) is 0 Å². The Balaban J connectivity index is 0.00000142. The fraction of sp³-hybridized carbons (Fsp3) is 0.739. The number of rotatable bonds is 12. The minimum absolute atomic E-state index is 0.0355. The van der Waals surface area contributed by atoms with Crippen LogP contribution in [0, 0.1) is 0 Å². The van der Waals surface area contributed by atoms with E-state index in [0.29, 0.717) is 12.8 Å². The zero-order valence-corrected chi connectivity index (χ0v) is 19.8. The van der Waals surface area contributed by atoms with Gasteiger partial charge in [-0.25, -0.2) is 0 Å². The first-order valence-corrected chi connectivity index (χ1v) is 11.5. The molecule has 0 spiro atoms. The molecular formula is C23H34O12. The Labute approximate surface area is 202 Å². The predicted molar refractivity (Wildman–Crippen MR) is 117 cm³/mol. The summed E-state index contributed by atoms with van der Waals surface area (Å²) in [7, 11) is 0. The van der Waals surface area contributed by atoms with Crippen LogP contribution in [-0.2, 0) is 38.2 Å². The van der Waals surface area contributed by atoms with Crippen molar-refractivity contribution in [3.05, 3.63) is 0 Å². The third-order valence-corrected chi connectivity index (χ3v) is 5.59. The standard InChI is InChI=1S/C21H30O10.C2H4O2/c22-13(3-5-16-9-15(24)10-19(27)30-16)1-2-14(23)4-6-17-11-21(29,8-7-18(25)26)12-20(28)31-17;1-2(3)4/h15-17,24,29H,1-12H2,(H,25,26);1H3,(H,3,4). The maximum atomic E-state index is 12.1. The molecule has 4 atom stereocenters. The molecule has 0 aliphatic carbocycles. The van der Waals surface area contributed by atoms with Crippen LogP contribution in [0.3, 0.4) is 0 Å². The van der Waals surface area contributed by atoms with Crippen molar-refractivity contribution in [2.24, 2.45) is 0 Å². The van der Waals surface area contributed by atoms with Gasteiger partial charge < -0.3 is 29.9 Å². The highest BCUT2D eigenvalue weighted by Crippen LogP contribution is 2.32. The van der Waals surface area contributed by atoms with Gasteiger partial charge in [0, 0.05) is 51.9 Å². The summed E-state index contributed by atoms with van der Waals surface area (Å²) in [5.41, 5.74) is -1.45. The van der Waals surface area contributed by atoms with Crippen molar-refractivity contribution in [3.8, 4) is 0 Å². The van der Waals surface area contributed by atoms with E-state index in [4.69, 9.17) is 24.5 Å². The number of esters is 2. The SMILES string of the molecule is CC(=O)O.O=C(O)CCC1(O)CC(=O)OC(CCC(=O)CCC(=O)CCC2CC(O)CC(=O)O2)C1. The largest absolute Gasteiger partial charge is 0.481 e. The second-order valence-electron chi connectivity index (χ2n) is 8.99. The number of cyclic esters (lactones) is 2. The molecule has 0 amide bonds. The number of carboxylic acid groups (broad SMARTS) is 2. The van der Waals surface area contributed by atoms with E-state index >= 15 is 0 Å². The number of aliphatic hydroxyl groups excluding tert-OH is 1. The second kappa shape index (κ2) is 14.5. The first-order chi connectivity index (χ1) is 16.3. The van der Waals surface area contributed by atoms with Crippen molar-refractivity contribution >= 4 is 35.4 Å². The molecule has 0 aromatic carbocycles. The topological polar surface area (TPSA) is 202 Å². The maximum absolute atomic E-state index is 12.1. The monoisotopic (exact) mass is 502 g/mol. The van der Waals surface area contributed by atoms with E-state index in [9.17, 15) is 34.2 Å². The first-order valence-electron chi connectivity index (χ1n) is 11.5. The van der Waals surface area contributed by atoms with Gasteiger partial charge in [0.15, 0.2) is 0 Å². The molecule has 0 aromatic rings. The lowest BCUT2D eigenvalue weighted by Gasteiger charge is -2.35. The molecule has 2 aliphatic rings. The average molecular weight is 503 g/mol. The number of hydrogen-bond donors (Lipinski definition) is 4. The molecular weight excluding hydrogens is 468 g/mol. The number of Topliss-reactive ketones (excluding diaryl/α,β-unsaturated/α-hetero) is 2. The Morgan fingerprint density at radius 2 is 1.40 bits per heavy atom. The molecule has 35 heavy (non-hydrogen) atoms. The van der Waals surface area contributed by atoms with Crippen molar-refractivity contribution in [1.82, 2.24) is 0 Å². The van der Waals surface area contributed by atoms with Crippen molar-refractivity contribution in [1.29, 1.82) is 0 Å². The molecule has 4 unspecified atom stereocenters. The summed E-state index contributed by atoms with van der Waals surface area (Å²) in [5, 5.41) is 36.2. The summed E-state index contributed by atoms with van der Waals surface area (Å²) in [4.78, 5) is 66.9. The zero-order valence-electron chi connectivity index (χ0n) is 19.8. The van der Waals surface area contributed by atoms with Crippen LogP contribution in [0.1, 0.15) is 84.0 Å². The van der Waals surface area contributed by atoms with E-state index in [-0.39, 0.29) is 75.8 Å². The Bertz CT molecular complexity index is 787. The first kappa shape index (κ1) is 30.2. The quantitative estimate of drug-likeness (QED) is 0.275. The number of aliphatic carboxylic acids is 2. The highest BCUT2D eigenvalue weighted by atomic mass is 16.6. The molecule has 0 bridgehead atoms. The van der Waals surface area contributed by atoms with E-state index in [2.05, 4.69) is 0 Å². The third-order valence-electron chi connectivity index (χ3n) is 5.59. The third kappa shape index (κ3) is 13.6. The Hall–Kier alpha value is -2.86. The molecule has 2 fully saturated rings. The van der Waals surface area contributed by atoms with Gasteiger partial charge in [-0.1, -0.05) is 0 Å². The number of ketones is 2. The molecule has 0 saturated carbocycles. The number of carbonyl (C=O) groups excluding carboxylic acids is 4. The van der Waals surface area contributed by atoms with Gasteiger partial charge in [0.1, 0.15) is 23.8 Å². The van der Waals surface area contributed by atoms with E-state index in [1.54, 1.807) is 0 Å². The summed E-state index contributed by atoms with van der Waals surface area (Å²) in [6.45, 7) is 1.08. The minimum atomic E-state index is -1.45. The van der Waals surface area contributed by atoms with Crippen molar-refractivity contribution in [3.63, 3.8) is 0 Å². The van der Waals surface area contributed by atoms with Crippen LogP contribution in [0.25, 0.3) is 0 Å². The normalized spacial score (nSPS) is 26.0. The Morgan fingerprint density at radius 1 is 0.886 bits per heavy atom. The second-order valence-corrected chi connectivity index (χ2v) is 8.99. The molecule has 0 radical (unpaired) electrons. The van der Waals surface area contributed by atoms with Crippen molar-refractivity contribution in [2.45, 2.75) is 108 Å². The summed E-state index contributed by atoms with van der Waals surface area (Å²) < 4.78 is 10.2. The van der Waals surface area contributed by atoms with Gasteiger partial charge in [-0.15, -0.1) is 0 Å². The number of ether oxygens (including phenoxy) is 2. The molecule has 12 nitrogen and oxygen atoms in total. The molecule has 2 rings (SSSR count). The molecule has 0 aromatic heterocycles. The number of carboxylic acids is 2. The van der Waals surface area contributed by atoms with Crippen molar-refractivity contribution in [2.75, 3.05) is 0 Å². The summed E-state index contributed by atoms with van der Waals surface area (Å²) in [6, 6.07) is 0. The average Bonchev–Trinajstić information content (AvgIpc) is 2.72. The minimum Gasteiger partial charge on any atom is -0.481 e. The maximum Gasteiger partial charge on any atom is 0.308 e. The fourth-order valence-electron chi connectivity index (χ4n) is 3.94. The Kier molecular flexibility index (Phi) is 12.5. The van der Waals surface area contributed by atoms with Crippen molar-refractivity contribution < 1.29 is 58.7 Å². The highest BCUT2D eigenvalue weighted by Gasteiger charge is 2.40. The van der Waals surface area contributed by atoms with Gasteiger partial charge in [-0.2, -0.15) is 0 Å². The smallest absolute Gasteiger partial charge is 0.308 e. The Morgan fingerprint density at radius 3 is 1.91 bits per heavy atom. The number of carbonyl (C=O) groups is 6. The molecule has 2 aliphatic heterocycles. The van der Waals surface area contributed by atoms with E-state index < -0.39 is 47.8 Å². The van der Waals surface area contributed by atoms with E-state index in [0.717, 1.165) is 6.92 Å². The molecule has 2 saturated heterocycles. The van der Waals surface area contributed by atoms with Crippen LogP contribution >= 0.6 is 0 Å². The summed E-state index contributed by atoms with van der Waals surface area (Å²) >= 11 is 0. The van der Waals surface area contributed by atoms with Gasteiger partial charge in [0.2, 0.25) is 0 Å². The van der Waals surface area contributed by atoms with Crippen LogP contribution in [0.2, 0.25) is 0 Å². The van der Waals surface area contributed by atoms with E-state index in [1.807, 2.05) is 0 Å². The van der Waals surface area contributed by atoms with Gasteiger partial charge in [-0.3, -0.25) is 28.8 Å². The van der Waals surface area contributed by atoms with Crippen LogP contribution in [0.15, 0.2) is 0 Å². The van der Waals surface area contributed by atoms with Crippen LogP contribution in [0.5, 0.6) is 0 Å². The lowest BCUT2D eigenvalue weighted by molar-refractivity contribution is -0.173. The van der Waals surface area contributed by atoms with Gasteiger partial charge >= 0.3 is 17.9 Å². The lowest BCUT2D eigenvalue weighted by atomic mass is 9.84. The van der Waals surface area contributed by atoms with Crippen LogP contribution in [-0.4, -0.2) is 79.8 Å². The van der Waals surface area contributed by atoms with Crippen LogP contribution < -0.4 is 0 Å². The summed E-state index contributed by atoms with van der Waals surface area (Å²) in [5.74, 6) is -3.33. The fourth-order valence-corrected chi connectivity index (χ4v) is 3.94. The molecule has 198 valence electrons. The predicted octanol–water partition coefficient (Wildman–Crippen LogP) is 0.924. The number of aliphatic hydroxyl groups is 2. The molecule has 4 N–H and O–H groups in total. The highest BCUT2D eigenvalue weighted by molar-refractivity contribution is 5.86. The molecule has 2 heterocycles. The summed E-state index contributed by atoms with van der Waals surface area (Å²) in [6.07, 6.45) is -1.36. The van der Waals surface area contributed by atoms with Gasteiger partial charge in [0.25, 0.3) is 5.97 Å². The van der Waals surface area contributed by atoms with E-state index in [1.165, 1.54) is 0 Å². The van der Waals surface area contributed by atoms with Gasteiger partial charge in [-0.05, 0) is 19.3 Å². The molecule has 12 heteroatoms. The lowest BCUT2D eigenvalue weighted by Crippen LogP contribution is -2.43.